The number of amides is 2. The highest BCUT2D eigenvalue weighted by Crippen LogP contribution is 2.32. The van der Waals surface area contributed by atoms with E-state index in [4.69, 9.17) is 16.3 Å². The maximum Gasteiger partial charge on any atom is 0.247 e. The van der Waals surface area contributed by atoms with Crippen LogP contribution in [-0.2, 0) is 16.1 Å². The van der Waals surface area contributed by atoms with Crippen molar-refractivity contribution < 1.29 is 18.7 Å². The summed E-state index contributed by atoms with van der Waals surface area (Å²) in [5.41, 5.74) is 2.20. The molecule has 186 valence electrons. The fraction of sp³-hybridized carbons (Fsp3) is 0.385. The molecule has 2 heterocycles. The van der Waals surface area contributed by atoms with Gasteiger partial charge in [0.05, 0.1) is 24.2 Å². The second-order valence-electron chi connectivity index (χ2n) is 9.18. The third-order valence-electron chi connectivity index (χ3n) is 6.38. The lowest BCUT2D eigenvalue weighted by Gasteiger charge is -2.52. The van der Waals surface area contributed by atoms with Crippen molar-refractivity contribution >= 4 is 35.2 Å². The molecule has 2 aromatic rings. The molecule has 2 amide bonds. The highest BCUT2D eigenvalue weighted by molar-refractivity contribution is 6.32. The van der Waals surface area contributed by atoms with E-state index in [0.29, 0.717) is 22.0 Å². The number of benzene rings is 2. The summed E-state index contributed by atoms with van der Waals surface area (Å²) >= 11 is 6.22. The Morgan fingerprint density at radius 3 is 2.40 bits per heavy atom. The van der Waals surface area contributed by atoms with Gasteiger partial charge in [-0.2, -0.15) is 0 Å². The highest BCUT2D eigenvalue weighted by atomic mass is 35.5. The zero-order chi connectivity index (χ0) is 25.1. The first-order valence-corrected chi connectivity index (χ1v) is 11.9. The normalized spacial score (nSPS) is 20.8. The van der Waals surface area contributed by atoms with Gasteiger partial charge in [-0.25, -0.2) is 4.39 Å². The van der Waals surface area contributed by atoms with Crippen LogP contribution >= 0.6 is 11.6 Å². The third kappa shape index (κ3) is 6.01. The Hall–Kier alpha value is -2.94. The Labute approximate surface area is 210 Å². The van der Waals surface area contributed by atoms with Crippen molar-refractivity contribution in [1.82, 2.24) is 14.7 Å². The van der Waals surface area contributed by atoms with E-state index in [1.165, 1.54) is 26.2 Å². The Bertz CT molecular complexity index is 1110. The molecule has 0 aromatic heterocycles. The fourth-order valence-electron chi connectivity index (χ4n) is 4.98. The summed E-state index contributed by atoms with van der Waals surface area (Å²) in [4.78, 5) is 31.6. The van der Waals surface area contributed by atoms with Crippen LogP contribution in [-0.4, -0.2) is 78.9 Å². The van der Waals surface area contributed by atoms with Gasteiger partial charge in [-0.05, 0) is 43.0 Å². The largest absolute Gasteiger partial charge is 0.495 e. The minimum atomic E-state index is -0.241. The SMILES string of the molecule is COc1cc(C=CC(=O)N2C3CN(C)CC2CN(Cc2ccc(F)cc2)C3)c(NC(C)=O)cc1Cl. The average Bonchev–Trinajstić information content (AvgIpc) is 2.78. The lowest BCUT2D eigenvalue weighted by Crippen LogP contribution is -2.68. The summed E-state index contributed by atoms with van der Waals surface area (Å²) in [7, 11) is 3.59. The van der Waals surface area contributed by atoms with Gasteiger partial charge >= 0.3 is 0 Å². The lowest BCUT2D eigenvalue weighted by atomic mass is 9.99. The number of anilines is 1. The Kier molecular flexibility index (Phi) is 7.74. The van der Waals surface area contributed by atoms with Crippen LogP contribution in [0.4, 0.5) is 10.1 Å². The van der Waals surface area contributed by atoms with E-state index in [-0.39, 0.29) is 29.7 Å². The highest BCUT2D eigenvalue weighted by Gasteiger charge is 2.41. The molecule has 0 aliphatic carbocycles. The number of carbonyl (C=O) groups excluding carboxylic acids is 2. The first kappa shape index (κ1) is 25.2. The van der Waals surface area contributed by atoms with Crippen LogP contribution in [0.5, 0.6) is 5.75 Å². The zero-order valence-corrected chi connectivity index (χ0v) is 20.9. The summed E-state index contributed by atoms with van der Waals surface area (Å²) < 4.78 is 18.6. The average molecular weight is 501 g/mol. The second-order valence-corrected chi connectivity index (χ2v) is 9.59. The smallest absolute Gasteiger partial charge is 0.247 e. The molecule has 9 heteroatoms. The standard InChI is InChI=1S/C26H30ClFN4O3/c1-17(33)29-24-11-23(27)25(35-3)10-19(24)6-9-26(34)32-21-13-30(2)14-22(32)16-31(15-21)12-18-4-7-20(28)8-5-18/h4-11,21-22H,12-16H2,1-3H3,(H,29,33). The number of nitrogens with zero attached hydrogens (tertiary/aromatic N) is 3. The second kappa shape index (κ2) is 10.8. The fourth-order valence-corrected chi connectivity index (χ4v) is 5.22. The Morgan fingerprint density at radius 1 is 1.14 bits per heavy atom. The number of ether oxygens (including phenoxy) is 1. The molecule has 2 atom stereocenters. The summed E-state index contributed by atoms with van der Waals surface area (Å²) in [6.07, 6.45) is 3.24. The Balaban J connectivity index is 1.51. The van der Waals surface area contributed by atoms with Crippen LogP contribution in [0.15, 0.2) is 42.5 Å². The van der Waals surface area contributed by atoms with Crippen LogP contribution in [0.25, 0.3) is 6.08 Å². The number of rotatable bonds is 6. The van der Waals surface area contributed by atoms with E-state index in [9.17, 15) is 14.0 Å². The molecule has 7 nitrogen and oxygen atoms in total. The zero-order valence-electron chi connectivity index (χ0n) is 20.1. The molecule has 0 radical (unpaired) electrons. The third-order valence-corrected chi connectivity index (χ3v) is 6.68. The molecular formula is C26H30ClFN4O3. The van der Waals surface area contributed by atoms with Crippen molar-refractivity contribution in [3.05, 3.63) is 64.4 Å². The van der Waals surface area contributed by atoms with E-state index in [0.717, 1.165) is 38.3 Å². The topological polar surface area (TPSA) is 65.1 Å². The molecule has 2 aromatic carbocycles. The maximum absolute atomic E-state index is 13.4. The first-order chi connectivity index (χ1) is 16.7. The molecule has 2 unspecified atom stereocenters. The van der Waals surface area contributed by atoms with Crippen LogP contribution in [0.3, 0.4) is 0 Å². The number of hydrogen-bond acceptors (Lipinski definition) is 5. The van der Waals surface area contributed by atoms with Crippen LogP contribution in [0, 0.1) is 5.82 Å². The summed E-state index contributed by atoms with van der Waals surface area (Å²) in [6, 6.07) is 9.98. The minimum Gasteiger partial charge on any atom is -0.495 e. The van der Waals surface area contributed by atoms with Gasteiger partial charge in [0.2, 0.25) is 11.8 Å². The van der Waals surface area contributed by atoms with Gasteiger partial charge in [-0.15, -0.1) is 0 Å². The molecule has 2 bridgehead atoms. The van der Waals surface area contributed by atoms with Crippen molar-refractivity contribution in [3.63, 3.8) is 0 Å². The van der Waals surface area contributed by atoms with Gasteiger partial charge < -0.3 is 19.9 Å². The van der Waals surface area contributed by atoms with E-state index in [1.807, 2.05) is 17.0 Å². The maximum atomic E-state index is 13.4. The number of piperazine rings is 2. The van der Waals surface area contributed by atoms with Gasteiger partial charge in [0.15, 0.2) is 0 Å². The first-order valence-electron chi connectivity index (χ1n) is 11.5. The predicted molar refractivity (Wildman–Crippen MR) is 135 cm³/mol. The van der Waals surface area contributed by atoms with E-state index in [1.54, 1.807) is 24.3 Å². The Morgan fingerprint density at radius 2 is 1.80 bits per heavy atom. The van der Waals surface area contributed by atoms with Gasteiger partial charge in [0.1, 0.15) is 11.6 Å². The van der Waals surface area contributed by atoms with E-state index in [2.05, 4.69) is 22.2 Å². The van der Waals surface area contributed by atoms with Gasteiger partial charge in [0.25, 0.3) is 0 Å². The van der Waals surface area contributed by atoms with Crippen molar-refractivity contribution in [2.24, 2.45) is 0 Å². The van der Waals surface area contributed by atoms with Crippen molar-refractivity contribution in [2.75, 3.05) is 45.7 Å². The molecule has 2 aliphatic heterocycles. The van der Waals surface area contributed by atoms with Crippen LogP contribution < -0.4 is 10.1 Å². The van der Waals surface area contributed by atoms with Crippen molar-refractivity contribution in [1.29, 1.82) is 0 Å². The number of hydrogen-bond donors (Lipinski definition) is 1. The van der Waals surface area contributed by atoms with Crippen LogP contribution in [0.2, 0.25) is 5.02 Å². The summed E-state index contributed by atoms with van der Waals surface area (Å²) in [5.74, 6) is -0.0885. The molecule has 0 saturated carbocycles. The minimum absolute atomic E-state index is 0.0414. The molecule has 2 saturated heterocycles. The number of halogens is 2. The molecule has 0 spiro atoms. The number of likely N-dealkylation sites (N-methyl/N-ethyl adjacent to an activating group) is 1. The van der Waals surface area contributed by atoms with E-state index >= 15 is 0 Å². The predicted octanol–water partition coefficient (Wildman–Crippen LogP) is 3.49. The molecule has 4 rings (SSSR count). The molecule has 1 N–H and O–H groups in total. The van der Waals surface area contributed by atoms with Crippen molar-refractivity contribution in [3.8, 4) is 5.75 Å². The monoisotopic (exact) mass is 500 g/mol. The van der Waals surface area contributed by atoms with Gasteiger partial charge in [-0.3, -0.25) is 14.5 Å². The quantitative estimate of drug-likeness (QED) is 0.615. The molecule has 35 heavy (non-hydrogen) atoms. The molecule has 2 fully saturated rings. The summed E-state index contributed by atoms with van der Waals surface area (Å²) in [6.45, 7) is 5.18. The van der Waals surface area contributed by atoms with Crippen LogP contribution in [0.1, 0.15) is 18.1 Å². The number of nitrogens with one attached hydrogen (secondary N) is 1. The lowest BCUT2D eigenvalue weighted by molar-refractivity contribution is -0.140. The number of methoxy groups -OCH3 is 1. The number of fused-ring (bicyclic) bond motifs is 2. The van der Waals surface area contributed by atoms with Gasteiger partial charge in [-0.1, -0.05) is 23.7 Å². The summed E-state index contributed by atoms with van der Waals surface area (Å²) in [5, 5.41) is 3.13. The van der Waals surface area contributed by atoms with Gasteiger partial charge in [0, 0.05) is 57.0 Å². The van der Waals surface area contributed by atoms with E-state index < -0.39 is 0 Å². The van der Waals surface area contributed by atoms with Crippen molar-refractivity contribution in [2.45, 2.75) is 25.6 Å². The molecule has 2 aliphatic rings. The molecular weight excluding hydrogens is 471 g/mol. The number of carbonyl (C=O) groups is 2.